The van der Waals surface area contributed by atoms with Crippen LogP contribution >= 0.6 is 0 Å². The van der Waals surface area contributed by atoms with Crippen LogP contribution < -0.4 is 16.0 Å². The third-order valence-corrected chi connectivity index (χ3v) is 4.32. The molecule has 0 bridgehead atoms. The Morgan fingerprint density at radius 1 is 1.18 bits per heavy atom. The van der Waals surface area contributed by atoms with Crippen molar-refractivity contribution >= 4 is 5.84 Å². The lowest BCUT2D eigenvalue weighted by molar-refractivity contribution is 0.451. The van der Waals surface area contributed by atoms with Crippen LogP contribution in [0.1, 0.15) is 26.2 Å². The maximum Gasteiger partial charge on any atom is 0.101 e. The molecule has 17 heavy (non-hydrogen) atoms. The van der Waals surface area contributed by atoms with E-state index in [0.717, 1.165) is 31.6 Å². The summed E-state index contributed by atoms with van der Waals surface area (Å²) in [5.41, 5.74) is 0. The first-order valence-corrected chi connectivity index (χ1v) is 7.06. The van der Waals surface area contributed by atoms with Gasteiger partial charge >= 0.3 is 0 Å². The number of nitrogens with zero attached hydrogens (tertiary/aromatic N) is 1. The number of nitrogens with one attached hydrogen (secondary N) is 3. The number of amidine groups is 1. The first-order chi connectivity index (χ1) is 8.31. The van der Waals surface area contributed by atoms with Gasteiger partial charge in [-0.25, -0.2) is 0 Å². The topological polar surface area (TPSA) is 48.5 Å². The molecule has 2 fully saturated rings. The maximum absolute atomic E-state index is 4.55. The standard InChI is InChI=1S/C13H24N4/c1-9-4-11(16-7-9)6-12-5-10(8-17-12)13-14-2-3-15-13/h9-12,16-17H,2-8H2,1H3,(H,14,15). The van der Waals surface area contributed by atoms with Gasteiger partial charge in [0.15, 0.2) is 0 Å². The zero-order chi connectivity index (χ0) is 11.7. The molecule has 3 aliphatic heterocycles. The molecule has 0 radical (unpaired) electrons. The van der Waals surface area contributed by atoms with Gasteiger partial charge in [0.1, 0.15) is 5.84 Å². The predicted molar refractivity (Wildman–Crippen MR) is 70.4 cm³/mol. The van der Waals surface area contributed by atoms with Gasteiger partial charge in [-0.2, -0.15) is 0 Å². The molecule has 2 saturated heterocycles. The van der Waals surface area contributed by atoms with E-state index < -0.39 is 0 Å². The fourth-order valence-electron chi connectivity index (χ4n) is 3.44. The fourth-order valence-corrected chi connectivity index (χ4v) is 3.44. The minimum atomic E-state index is 0.640. The molecule has 3 N–H and O–H groups in total. The Kier molecular flexibility index (Phi) is 3.34. The van der Waals surface area contributed by atoms with E-state index >= 15 is 0 Å². The third kappa shape index (κ3) is 2.63. The lowest BCUT2D eigenvalue weighted by atomic mass is 9.97. The van der Waals surface area contributed by atoms with Crippen molar-refractivity contribution in [1.29, 1.82) is 0 Å². The maximum atomic E-state index is 4.55. The van der Waals surface area contributed by atoms with Crippen LogP contribution in [0.4, 0.5) is 0 Å². The first kappa shape index (κ1) is 11.5. The second kappa shape index (κ2) is 4.94. The summed E-state index contributed by atoms with van der Waals surface area (Å²) < 4.78 is 0. The Morgan fingerprint density at radius 2 is 2.00 bits per heavy atom. The molecule has 3 aliphatic rings. The van der Waals surface area contributed by atoms with Crippen LogP contribution in [0, 0.1) is 11.8 Å². The SMILES string of the molecule is CC1CNC(CC2CC(C3=NCCN3)CN2)C1. The molecule has 0 aromatic carbocycles. The van der Waals surface area contributed by atoms with Crippen LogP contribution in [0.3, 0.4) is 0 Å². The summed E-state index contributed by atoms with van der Waals surface area (Å²) in [6.45, 7) is 6.67. The monoisotopic (exact) mass is 236 g/mol. The number of hydrogen-bond donors (Lipinski definition) is 3. The van der Waals surface area contributed by atoms with Crippen LogP contribution in [-0.4, -0.2) is 44.1 Å². The molecular weight excluding hydrogens is 212 g/mol. The van der Waals surface area contributed by atoms with Crippen molar-refractivity contribution in [3.63, 3.8) is 0 Å². The van der Waals surface area contributed by atoms with Gasteiger partial charge < -0.3 is 16.0 Å². The van der Waals surface area contributed by atoms with Crippen LogP contribution in [0.25, 0.3) is 0 Å². The van der Waals surface area contributed by atoms with Gasteiger partial charge in [-0.05, 0) is 31.7 Å². The van der Waals surface area contributed by atoms with Gasteiger partial charge in [0.05, 0.1) is 6.54 Å². The van der Waals surface area contributed by atoms with E-state index in [0.29, 0.717) is 12.0 Å². The Bertz CT molecular complexity index is 302. The van der Waals surface area contributed by atoms with E-state index in [4.69, 9.17) is 0 Å². The lowest BCUT2D eigenvalue weighted by Gasteiger charge is -2.16. The van der Waals surface area contributed by atoms with E-state index in [1.807, 2.05) is 0 Å². The smallest absolute Gasteiger partial charge is 0.101 e. The molecule has 0 aliphatic carbocycles. The van der Waals surface area contributed by atoms with Gasteiger partial charge in [-0.1, -0.05) is 6.92 Å². The quantitative estimate of drug-likeness (QED) is 0.663. The second-order valence-corrected chi connectivity index (χ2v) is 5.91. The van der Waals surface area contributed by atoms with Crippen LogP contribution in [0.2, 0.25) is 0 Å². The lowest BCUT2D eigenvalue weighted by Crippen LogP contribution is -2.31. The molecule has 3 rings (SSSR count). The highest BCUT2D eigenvalue weighted by Gasteiger charge is 2.31. The molecule has 4 atom stereocenters. The highest BCUT2D eigenvalue weighted by Crippen LogP contribution is 2.23. The Balaban J connectivity index is 1.47. The van der Waals surface area contributed by atoms with E-state index in [-0.39, 0.29) is 0 Å². The zero-order valence-corrected chi connectivity index (χ0v) is 10.7. The van der Waals surface area contributed by atoms with E-state index in [9.17, 15) is 0 Å². The highest BCUT2D eigenvalue weighted by molar-refractivity contribution is 5.86. The summed E-state index contributed by atoms with van der Waals surface area (Å²) in [5, 5.41) is 10.7. The summed E-state index contributed by atoms with van der Waals surface area (Å²) in [5.74, 6) is 2.76. The van der Waals surface area contributed by atoms with Crippen molar-refractivity contribution in [2.75, 3.05) is 26.2 Å². The number of rotatable bonds is 3. The Labute approximate surface area is 104 Å². The normalized spacial score (nSPS) is 41.6. The van der Waals surface area contributed by atoms with Gasteiger partial charge in [-0.15, -0.1) is 0 Å². The van der Waals surface area contributed by atoms with Crippen LogP contribution in [0.5, 0.6) is 0 Å². The largest absolute Gasteiger partial charge is 0.372 e. The Morgan fingerprint density at radius 3 is 2.71 bits per heavy atom. The molecular formula is C13H24N4. The molecule has 4 nitrogen and oxygen atoms in total. The first-order valence-electron chi connectivity index (χ1n) is 7.06. The molecule has 3 heterocycles. The molecule has 0 aromatic rings. The second-order valence-electron chi connectivity index (χ2n) is 5.91. The fraction of sp³-hybridized carbons (Fsp3) is 0.923. The van der Waals surface area contributed by atoms with E-state index in [1.54, 1.807) is 0 Å². The van der Waals surface area contributed by atoms with Crippen LogP contribution in [-0.2, 0) is 0 Å². The van der Waals surface area contributed by atoms with Crippen molar-refractivity contribution < 1.29 is 0 Å². The number of aliphatic imine (C=N–C) groups is 1. The van der Waals surface area contributed by atoms with Gasteiger partial charge in [0.25, 0.3) is 0 Å². The average Bonchev–Trinajstić information content (AvgIpc) is 3.00. The van der Waals surface area contributed by atoms with Crippen molar-refractivity contribution in [2.24, 2.45) is 16.8 Å². The average molecular weight is 236 g/mol. The number of hydrogen-bond acceptors (Lipinski definition) is 4. The summed E-state index contributed by atoms with van der Waals surface area (Å²) in [6.07, 6.45) is 3.90. The summed E-state index contributed by atoms with van der Waals surface area (Å²) in [7, 11) is 0. The molecule has 0 spiro atoms. The van der Waals surface area contributed by atoms with Crippen molar-refractivity contribution in [3.8, 4) is 0 Å². The van der Waals surface area contributed by atoms with E-state index in [1.165, 1.54) is 31.6 Å². The molecule has 4 heteroatoms. The molecule has 0 saturated carbocycles. The van der Waals surface area contributed by atoms with Crippen LogP contribution in [0.15, 0.2) is 4.99 Å². The zero-order valence-electron chi connectivity index (χ0n) is 10.7. The Hall–Kier alpha value is -0.610. The van der Waals surface area contributed by atoms with Gasteiger partial charge in [-0.3, -0.25) is 4.99 Å². The molecule has 4 unspecified atom stereocenters. The molecule has 96 valence electrons. The highest BCUT2D eigenvalue weighted by atomic mass is 15.1. The predicted octanol–water partition coefficient (Wildman–Crippen LogP) is 0.354. The van der Waals surface area contributed by atoms with Gasteiger partial charge in [0.2, 0.25) is 0 Å². The molecule has 0 aromatic heterocycles. The van der Waals surface area contributed by atoms with Crippen molar-refractivity contribution in [3.05, 3.63) is 0 Å². The minimum absolute atomic E-state index is 0.640. The summed E-state index contributed by atoms with van der Waals surface area (Å²) >= 11 is 0. The summed E-state index contributed by atoms with van der Waals surface area (Å²) in [6, 6.07) is 1.42. The molecule has 0 amide bonds. The minimum Gasteiger partial charge on any atom is -0.372 e. The third-order valence-electron chi connectivity index (χ3n) is 4.32. The summed E-state index contributed by atoms with van der Waals surface area (Å²) in [4.78, 5) is 4.55. The van der Waals surface area contributed by atoms with Gasteiger partial charge in [0, 0.05) is 31.1 Å². The van der Waals surface area contributed by atoms with Crippen molar-refractivity contribution in [2.45, 2.75) is 38.3 Å². The van der Waals surface area contributed by atoms with Crippen molar-refractivity contribution in [1.82, 2.24) is 16.0 Å². The van der Waals surface area contributed by atoms with E-state index in [2.05, 4.69) is 27.9 Å².